The molecule has 1 aliphatic heterocycles. The molecule has 2 atom stereocenters. The van der Waals surface area contributed by atoms with E-state index < -0.39 is 0 Å². The molecule has 0 radical (unpaired) electrons. The average Bonchev–Trinajstić information content (AvgIpc) is 2.48. The standard InChI is InChI=1S/C17H27ClN2O/c1-4-8-19-10-14-9-15(18)6-7-17(14)20-11-13(3)21-12-16(20)5-2/h6-7,9,13,16,19H,4-5,8,10-12H2,1-3H3. The molecule has 1 saturated heterocycles. The maximum absolute atomic E-state index is 6.20. The number of ether oxygens (including phenoxy) is 1. The van der Waals surface area contributed by atoms with Gasteiger partial charge in [0, 0.05) is 23.8 Å². The number of nitrogens with one attached hydrogen (secondary N) is 1. The monoisotopic (exact) mass is 310 g/mol. The predicted molar refractivity (Wildman–Crippen MR) is 90.3 cm³/mol. The number of hydrogen-bond acceptors (Lipinski definition) is 3. The minimum Gasteiger partial charge on any atom is -0.375 e. The van der Waals surface area contributed by atoms with E-state index in [1.807, 2.05) is 6.07 Å². The van der Waals surface area contributed by atoms with Crippen LogP contribution >= 0.6 is 11.6 Å². The molecule has 0 amide bonds. The zero-order valence-corrected chi connectivity index (χ0v) is 14.1. The molecule has 1 N–H and O–H groups in total. The van der Waals surface area contributed by atoms with E-state index in [0.29, 0.717) is 6.04 Å². The molecule has 0 saturated carbocycles. The Balaban J connectivity index is 2.23. The first-order valence-electron chi connectivity index (χ1n) is 8.03. The fraction of sp³-hybridized carbons (Fsp3) is 0.647. The average molecular weight is 311 g/mol. The third kappa shape index (κ3) is 4.35. The van der Waals surface area contributed by atoms with Crippen LogP contribution in [-0.2, 0) is 11.3 Å². The lowest BCUT2D eigenvalue weighted by Crippen LogP contribution is -2.49. The van der Waals surface area contributed by atoms with Crippen molar-refractivity contribution in [2.75, 3.05) is 24.6 Å². The number of halogens is 1. The smallest absolute Gasteiger partial charge is 0.0723 e. The molecule has 1 aromatic carbocycles. The lowest BCUT2D eigenvalue weighted by atomic mass is 10.1. The molecule has 2 unspecified atom stereocenters. The van der Waals surface area contributed by atoms with Crippen LogP contribution in [0.15, 0.2) is 18.2 Å². The Hall–Kier alpha value is -0.770. The number of rotatable bonds is 6. The van der Waals surface area contributed by atoms with E-state index >= 15 is 0 Å². The summed E-state index contributed by atoms with van der Waals surface area (Å²) < 4.78 is 5.81. The van der Waals surface area contributed by atoms with Gasteiger partial charge >= 0.3 is 0 Å². The lowest BCUT2D eigenvalue weighted by Gasteiger charge is -2.41. The van der Waals surface area contributed by atoms with Gasteiger partial charge in [-0.2, -0.15) is 0 Å². The summed E-state index contributed by atoms with van der Waals surface area (Å²) in [5, 5.41) is 4.29. The molecule has 0 bridgehead atoms. The maximum atomic E-state index is 6.20. The van der Waals surface area contributed by atoms with Gasteiger partial charge in [0.15, 0.2) is 0 Å². The molecule has 2 rings (SSSR count). The summed E-state index contributed by atoms with van der Waals surface area (Å²) in [6, 6.07) is 6.69. The Labute approximate surface area is 133 Å². The lowest BCUT2D eigenvalue weighted by molar-refractivity contribution is 0.0299. The molecule has 4 heteroatoms. The van der Waals surface area contributed by atoms with E-state index in [2.05, 4.69) is 43.1 Å². The summed E-state index contributed by atoms with van der Waals surface area (Å²) in [6.07, 6.45) is 2.51. The van der Waals surface area contributed by atoms with Crippen LogP contribution in [0, 0.1) is 0 Å². The second-order valence-corrected chi connectivity index (χ2v) is 6.24. The summed E-state index contributed by atoms with van der Waals surface area (Å²) in [5.41, 5.74) is 2.58. The number of benzene rings is 1. The summed E-state index contributed by atoms with van der Waals surface area (Å²) in [7, 11) is 0. The second kappa shape index (κ2) is 8.02. The van der Waals surface area contributed by atoms with Gasteiger partial charge in [-0.3, -0.25) is 0 Å². The SMILES string of the molecule is CCCNCc1cc(Cl)ccc1N1CC(C)OCC1CC. The third-order valence-corrected chi connectivity index (χ3v) is 4.27. The molecule has 1 aliphatic rings. The summed E-state index contributed by atoms with van der Waals surface area (Å²) in [5.74, 6) is 0. The van der Waals surface area contributed by atoms with Crippen LogP contribution in [0.3, 0.4) is 0 Å². The minimum atomic E-state index is 0.278. The fourth-order valence-corrected chi connectivity index (χ4v) is 3.05. The largest absolute Gasteiger partial charge is 0.375 e. The number of hydrogen-bond donors (Lipinski definition) is 1. The summed E-state index contributed by atoms with van der Waals surface area (Å²) in [6.45, 7) is 10.2. The van der Waals surface area contributed by atoms with Gasteiger partial charge < -0.3 is 15.0 Å². The highest BCUT2D eigenvalue weighted by molar-refractivity contribution is 6.30. The van der Waals surface area contributed by atoms with Crippen molar-refractivity contribution in [3.05, 3.63) is 28.8 Å². The van der Waals surface area contributed by atoms with E-state index in [9.17, 15) is 0 Å². The number of anilines is 1. The minimum absolute atomic E-state index is 0.278. The van der Waals surface area contributed by atoms with Crippen molar-refractivity contribution in [1.29, 1.82) is 0 Å². The molecule has 1 aromatic rings. The van der Waals surface area contributed by atoms with Crippen molar-refractivity contribution < 1.29 is 4.74 Å². The van der Waals surface area contributed by atoms with Gasteiger partial charge in [-0.15, -0.1) is 0 Å². The van der Waals surface area contributed by atoms with Crippen LogP contribution in [0.1, 0.15) is 39.2 Å². The quantitative estimate of drug-likeness (QED) is 0.808. The Morgan fingerprint density at radius 2 is 2.19 bits per heavy atom. The van der Waals surface area contributed by atoms with Crippen molar-refractivity contribution in [3.8, 4) is 0 Å². The van der Waals surface area contributed by atoms with Gasteiger partial charge in [-0.1, -0.05) is 25.4 Å². The maximum Gasteiger partial charge on any atom is 0.0723 e. The van der Waals surface area contributed by atoms with E-state index in [4.69, 9.17) is 16.3 Å². The molecule has 0 aromatic heterocycles. The van der Waals surface area contributed by atoms with Gasteiger partial charge in [-0.05, 0) is 50.1 Å². The highest BCUT2D eigenvalue weighted by Crippen LogP contribution is 2.29. The van der Waals surface area contributed by atoms with Crippen molar-refractivity contribution in [2.24, 2.45) is 0 Å². The Bertz CT molecular complexity index is 452. The normalized spacial score (nSPS) is 22.6. The number of morpholine rings is 1. The topological polar surface area (TPSA) is 24.5 Å². The van der Waals surface area contributed by atoms with Crippen LogP contribution < -0.4 is 10.2 Å². The van der Waals surface area contributed by atoms with E-state index in [0.717, 1.165) is 44.1 Å². The Kier molecular flexibility index (Phi) is 6.34. The molecular formula is C17H27ClN2O. The summed E-state index contributed by atoms with van der Waals surface area (Å²) in [4.78, 5) is 2.49. The van der Waals surface area contributed by atoms with Gasteiger partial charge in [0.05, 0.1) is 18.8 Å². The van der Waals surface area contributed by atoms with Crippen molar-refractivity contribution in [2.45, 2.75) is 52.3 Å². The first kappa shape index (κ1) is 16.6. The van der Waals surface area contributed by atoms with Gasteiger partial charge in [0.1, 0.15) is 0 Å². The van der Waals surface area contributed by atoms with E-state index in [-0.39, 0.29) is 6.10 Å². The highest BCUT2D eigenvalue weighted by atomic mass is 35.5. The van der Waals surface area contributed by atoms with Crippen molar-refractivity contribution in [1.82, 2.24) is 5.32 Å². The first-order valence-corrected chi connectivity index (χ1v) is 8.40. The van der Waals surface area contributed by atoms with Crippen LogP contribution in [0.25, 0.3) is 0 Å². The zero-order chi connectivity index (χ0) is 15.2. The van der Waals surface area contributed by atoms with Crippen LogP contribution in [0.4, 0.5) is 5.69 Å². The molecule has 3 nitrogen and oxygen atoms in total. The Morgan fingerprint density at radius 1 is 1.38 bits per heavy atom. The van der Waals surface area contributed by atoms with Crippen LogP contribution in [0.2, 0.25) is 5.02 Å². The molecule has 118 valence electrons. The second-order valence-electron chi connectivity index (χ2n) is 5.81. The predicted octanol–water partition coefficient (Wildman–Crippen LogP) is 3.84. The fourth-order valence-electron chi connectivity index (χ4n) is 2.85. The molecule has 0 aliphatic carbocycles. The molecule has 0 spiro atoms. The molecular weight excluding hydrogens is 284 g/mol. The third-order valence-electron chi connectivity index (χ3n) is 4.03. The summed E-state index contributed by atoms with van der Waals surface area (Å²) >= 11 is 6.20. The van der Waals surface area contributed by atoms with Crippen molar-refractivity contribution >= 4 is 17.3 Å². The van der Waals surface area contributed by atoms with Crippen LogP contribution in [-0.4, -0.2) is 31.8 Å². The molecule has 1 fully saturated rings. The zero-order valence-electron chi connectivity index (χ0n) is 13.4. The Morgan fingerprint density at radius 3 is 2.90 bits per heavy atom. The molecule has 1 heterocycles. The van der Waals surface area contributed by atoms with E-state index in [1.54, 1.807) is 0 Å². The highest BCUT2D eigenvalue weighted by Gasteiger charge is 2.27. The van der Waals surface area contributed by atoms with E-state index in [1.165, 1.54) is 11.3 Å². The van der Waals surface area contributed by atoms with Gasteiger partial charge in [-0.25, -0.2) is 0 Å². The van der Waals surface area contributed by atoms with Gasteiger partial charge in [0.2, 0.25) is 0 Å². The number of nitrogens with zero attached hydrogens (tertiary/aromatic N) is 1. The van der Waals surface area contributed by atoms with Crippen LogP contribution in [0.5, 0.6) is 0 Å². The molecule has 21 heavy (non-hydrogen) atoms. The van der Waals surface area contributed by atoms with Gasteiger partial charge in [0.25, 0.3) is 0 Å². The first-order chi connectivity index (χ1) is 10.2. The van der Waals surface area contributed by atoms with Crippen molar-refractivity contribution in [3.63, 3.8) is 0 Å².